The third-order valence-corrected chi connectivity index (χ3v) is 4.42. The molecular formula is C13H16F3NS. The molecule has 1 aromatic carbocycles. The van der Waals surface area contributed by atoms with Gasteiger partial charge in [-0.2, -0.15) is 24.9 Å². The Balaban J connectivity index is 2.17. The molecule has 1 saturated heterocycles. The minimum absolute atomic E-state index is 0.284. The van der Waals surface area contributed by atoms with Gasteiger partial charge in [-0.05, 0) is 48.0 Å². The van der Waals surface area contributed by atoms with E-state index in [1.165, 1.54) is 12.1 Å². The summed E-state index contributed by atoms with van der Waals surface area (Å²) in [6.45, 7) is 0. The molecule has 1 aromatic rings. The number of thioether (sulfide) groups is 1. The molecule has 2 rings (SSSR count). The number of hydrogen-bond acceptors (Lipinski definition) is 2. The van der Waals surface area contributed by atoms with E-state index in [-0.39, 0.29) is 6.04 Å². The van der Waals surface area contributed by atoms with Gasteiger partial charge in [-0.25, -0.2) is 0 Å². The maximum Gasteiger partial charge on any atom is 0.416 e. The molecule has 0 aromatic heterocycles. The molecule has 0 aliphatic carbocycles. The van der Waals surface area contributed by atoms with Crippen molar-refractivity contribution < 1.29 is 13.2 Å². The van der Waals surface area contributed by atoms with Crippen LogP contribution in [0.5, 0.6) is 0 Å². The monoisotopic (exact) mass is 275 g/mol. The van der Waals surface area contributed by atoms with E-state index in [0.717, 1.165) is 30.4 Å². The molecule has 0 radical (unpaired) electrons. The Morgan fingerprint density at radius 3 is 2.50 bits per heavy atom. The van der Waals surface area contributed by atoms with Crippen LogP contribution >= 0.6 is 11.8 Å². The van der Waals surface area contributed by atoms with E-state index in [4.69, 9.17) is 5.73 Å². The van der Waals surface area contributed by atoms with Crippen molar-refractivity contribution in [3.63, 3.8) is 0 Å². The fourth-order valence-electron chi connectivity index (χ4n) is 2.27. The van der Waals surface area contributed by atoms with E-state index in [1.54, 1.807) is 6.07 Å². The zero-order chi connectivity index (χ0) is 13.2. The standard InChI is InChI=1S/C13H16F3NS/c14-13(15,16)11-3-1-2-10(8-11)12(17)9-4-6-18-7-5-9/h1-3,8-9,12H,4-7,17H2. The highest BCUT2D eigenvalue weighted by Gasteiger charge is 2.31. The molecule has 0 bridgehead atoms. The smallest absolute Gasteiger partial charge is 0.324 e. The molecule has 0 amide bonds. The Labute approximate surface area is 109 Å². The average Bonchev–Trinajstić information content (AvgIpc) is 2.38. The quantitative estimate of drug-likeness (QED) is 0.887. The fraction of sp³-hybridized carbons (Fsp3) is 0.538. The molecule has 0 saturated carbocycles. The topological polar surface area (TPSA) is 26.0 Å². The van der Waals surface area contributed by atoms with Gasteiger partial charge in [0.15, 0.2) is 0 Å². The second-order valence-corrected chi connectivity index (χ2v) is 5.82. The van der Waals surface area contributed by atoms with Crippen LogP contribution in [0, 0.1) is 5.92 Å². The first kappa shape index (κ1) is 13.7. The Hall–Kier alpha value is -0.680. The normalized spacial score (nSPS) is 19.8. The lowest BCUT2D eigenvalue weighted by atomic mass is 9.88. The van der Waals surface area contributed by atoms with Crippen molar-refractivity contribution in [1.29, 1.82) is 0 Å². The summed E-state index contributed by atoms with van der Waals surface area (Å²) in [4.78, 5) is 0. The van der Waals surface area contributed by atoms with E-state index < -0.39 is 11.7 Å². The van der Waals surface area contributed by atoms with Crippen molar-refractivity contribution >= 4 is 11.8 Å². The number of halogens is 3. The molecule has 1 aliphatic heterocycles. The lowest BCUT2D eigenvalue weighted by Crippen LogP contribution is -2.25. The van der Waals surface area contributed by atoms with Crippen LogP contribution in [-0.2, 0) is 6.18 Å². The zero-order valence-electron chi connectivity index (χ0n) is 9.91. The van der Waals surface area contributed by atoms with Gasteiger partial charge in [0.1, 0.15) is 0 Å². The number of alkyl halides is 3. The summed E-state index contributed by atoms with van der Waals surface area (Å²) < 4.78 is 37.9. The summed E-state index contributed by atoms with van der Waals surface area (Å²) in [6, 6.07) is 5.13. The van der Waals surface area contributed by atoms with E-state index in [9.17, 15) is 13.2 Å². The highest BCUT2D eigenvalue weighted by atomic mass is 32.2. The first-order chi connectivity index (χ1) is 8.48. The lowest BCUT2D eigenvalue weighted by molar-refractivity contribution is -0.137. The van der Waals surface area contributed by atoms with Gasteiger partial charge in [0.25, 0.3) is 0 Å². The number of benzene rings is 1. The molecule has 1 heterocycles. The van der Waals surface area contributed by atoms with Crippen molar-refractivity contribution in [2.45, 2.75) is 25.1 Å². The Kier molecular flexibility index (Phi) is 4.22. The van der Waals surface area contributed by atoms with Crippen molar-refractivity contribution in [2.75, 3.05) is 11.5 Å². The summed E-state index contributed by atoms with van der Waals surface area (Å²) in [5.41, 5.74) is 6.09. The van der Waals surface area contributed by atoms with Crippen LogP contribution in [0.15, 0.2) is 24.3 Å². The van der Waals surface area contributed by atoms with Crippen molar-refractivity contribution in [3.8, 4) is 0 Å². The molecule has 1 fully saturated rings. The summed E-state index contributed by atoms with van der Waals surface area (Å²) in [5, 5.41) is 0. The Bertz CT molecular complexity index is 399. The largest absolute Gasteiger partial charge is 0.416 e. The predicted octanol–water partition coefficient (Wildman–Crippen LogP) is 3.85. The summed E-state index contributed by atoms with van der Waals surface area (Å²) >= 11 is 1.88. The first-order valence-electron chi connectivity index (χ1n) is 5.99. The molecule has 1 nitrogen and oxygen atoms in total. The van der Waals surface area contributed by atoms with Crippen LogP contribution < -0.4 is 5.73 Å². The highest BCUT2D eigenvalue weighted by molar-refractivity contribution is 7.99. The van der Waals surface area contributed by atoms with Crippen molar-refractivity contribution in [1.82, 2.24) is 0 Å². The minimum Gasteiger partial charge on any atom is -0.324 e. The van der Waals surface area contributed by atoms with Crippen LogP contribution in [0.2, 0.25) is 0 Å². The van der Waals surface area contributed by atoms with Gasteiger partial charge in [0.2, 0.25) is 0 Å². The molecule has 18 heavy (non-hydrogen) atoms. The van der Waals surface area contributed by atoms with Gasteiger partial charge in [-0.3, -0.25) is 0 Å². The molecule has 2 N–H and O–H groups in total. The summed E-state index contributed by atoms with van der Waals surface area (Å²) in [5.74, 6) is 2.41. The molecule has 5 heteroatoms. The third-order valence-electron chi connectivity index (χ3n) is 3.37. The maximum atomic E-state index is 12.6. The van der Waals surface area contributed by atoms with Gasteiger partial charge < -0.3 is 5.73 Å². The molecule has 1 atom stereocenters. The van der Waals surface area contributed by atoms with E-state index in [1.807, 2.05) is 11.8 Å². The van der Waals surface area contributed by atoms with Gasteiger partial charge in [0.05, 0.1) is 5.56 Å². The zero-order valence-corrected chi connectivity index (χ0v) is 10.7. The fourth-order valence-corrected chi connectivity index (χ4v) is 3.41. The van der Waals surface area contributed by atoms with Gasteiger partial charge in [0, 0.05) is 6.04 Å². The number of nitrogens with two attached hydrogens (primary N) is 1. The number of rotatable bonds is 2. The van der Waals surface area contributed by atoms with Crippen LogP contribution in [0.4, 0.5) is 13.2 Å². The molecule has 100 valence electrons. The Morgan fingerprint density at radius 1 is 1.22 bits per heavy atom. The lowest BCUT2D eigenvalue weighted by Gasteiger charge is -2.27. The van der Waals surface area contributed by atoms with Crippen LogP contribution in [0.1, 0.15) is 30.0 Å². The molecule has 1 aliphatic rings. The van der Waals surface area contributed by atoms with Crippen LogP contribution in [0.3, 0.4) is 0 Å². The highest BCUT2D eigenvalue weighted by Crippen LogP contribution is 2.35. The maximum absolute atomic E-state index is 12.6. The van der Waals surface area contributed by atoms with Gasteiger partial charge >= 0.3 is 6.18 Å². The van der Waals surface area contributed by atoms with E-state index in [0.29, 0.717) is 11.5 Å². The predicted molar refractivity (Wildman–Crippen MR) is 68.4 cm³/mol. The Morgan fingerprint density at radius 2 is 1.89 bits per heavy atom. The molecular weight excluding hydrogens is 259 g/mol. The van der Waals surface area contributed by atoms with E-state index in [2.05, 4.69) is 0 Å². The van der Waals surface area contributed by atoms with Crippen LogP contribution in [-0.4, -0.2) is 11.5 Å². The van der Waals surface area contributed by atoms with Crippen LogP contribution in [0.25, 0.3) is 0 Å². The van der Waals surface area contributed by atoms with Gasteiger partial charge in [-0.1, -0.05) is 12.1 Å². The average molecular weight is 275 g/mol. The van der Waals surface area contributed by atoms with E-state index >= 15 is 0 Å². The minimum atomic E-state index is -4.29. The van der Waals surface area contributed by atoms with Gasteiger partial charge in [-0.15, -0.1) is 0 Å². The first-order valence-corrected chi connectivity index (χ1v) is 7.14. The summed E-state index contributed by atoms with van der Waals surface area (Å²) in [6.07, 6.45) is -2.32. The number of hydrogen-bond donors (Lipinski definition) is 1. The summed E-state index contributed by atoms with van der Waals surface area (Å²) in [7, 11) is 0. The second kappa shape index (κ2) is 5.53. The molecule has 1 unspecified atom stereocenters. The molecule has 0 spiro atoms. The third kappa shape index (κ3) is 3.20. The van der Waals surface area contributed by atoms with Crippen molar-refractivity contribution in [3.05, 3.63) is 35.4 Å². The van der Waals surface area contributed by atoms with Crippen molar-refractivity contribution in [2.24, 2.45) is 11.7 Å². The second-order valence-electron chi connectivity index (χ2n) is 4.60. The SMILES string of the molecule is NC(c1cccc(C(F)(F)F)c1)C1CCSCC1.